The van der Waals surface area contributed by atoms with E-state index in [0.717, 1.165) is 17.6 Å². The number of benzene rings is 1. The number of hydrogen-bond acceptors (Lipinski definition) is 3. The first-order valence-corrected chi connectivity index (χ1v) is 3.50. The molecule has 1 rings (SSSR count). The number of rotatable bonds is 2. The Balaban J connectivity index is 3.01. The topological polar surface area (TPSA) is 74.6 Å². The van der Waals surface area contributed by atoms with Gasteiger partial charge in [0.1, 0.15) is 6.34 Å². The highest BCUT2D eigenvalue weighted by Gasteiger charge is 1.95. The molecule has 0 unspecified atom stereocenters. The van der Waals surface area contributed by atoms with E-state index in [4.69, 9.17) is 11.1 Å². The van der Waals surface area contributed by atoms with Crippen molar-refractivity contribution < 1.29 is 0 Å². The predicted octanol–water partition coefficient (Wildman–Crippen LogP) is 2.27. The molecule has 0 aliphatic rings. The summed E-state index contributed by atoms with van der Waals surface area (Å²) in [5.74, 6) is 0. The number of aryl methyl sites for hydroxylation is 1. The van der Waals surface area contributed by atoms with E-state index < -0.39 is 0 Å². The van der Waals surface area contributed by atoms with Crippen LogP contribution < -0.4 is 5.73 Å². The van der Waals surface area contributed by atoms with Crippen LogP contribution in [0.15, 0.2) is 28.4 Å². The lowest BCUT2D eigenvalue weighted by Gasteiger charge is -1.98. The van der Waals surface area contributed by atoms with Crippen molar-refractivity contribution in [3.05, 3.63) is 23.8 Å². The van der Waals surface area contributed by atoms with Gasteiger partial charge in [-0.05, 0) is 30.7 Å². The molecule has 0 aliphatic heterocycles. The Hall–Kier alpha value is -1.71. The van der Waals surface area contributed by atoms with Gasteiger partial charge in [-0.15, -0.1) is 10.2 Å². The van der Waals surface area contributed by atoms with Gasteiger partial charge in [0.2, 0.25) is 0 Å². The highest BCUT2D eigenvalue weighted by Crippen LogP contribution is 2.20. The number of nitrogens with zero attached hydrogens (tertiary/aromatic N) is 2. The van der Waals surface area contributed by atoms with Crippen molar-refractivity contribution in [2.24, 2.45) is 10.2 Å². The van der Waals surface area contributed by atoms with E-state index in [0.29, 0.717) is 5.69 Å². The molecule has 0 aliphatic carbocycles. The summed E-state index contributed by atoms with van der Waals surface area (Å²) < 4.78 is 0. The van der Waals surface area contributed by atoms with Gasteiger partial charge in [-0.2, -0.15) is 0 Å². The normalized spacial score (nSPS) is 10.4. The minimum atomic E-state index is 0.710. The van der Waals surface area contributed by atoms with Crippen molar-refractivity contribution in [3.8, 4) is 0 Å². The number of nitrogen functional groups attached to an aromatic ring is 1. The zero-order chi connectivity index (χ0) is 8.97. The van der Waals surface area contributed by atoms with E-state index in [2.05, 4.69) is 10.2 Å². The molecule has 1 aromatic carbocycles. The molecule has 0 bridgehead atoms. The second-order valence-electron chi connectivity index (χ2n) is 2.39. The average Bonchev–Trinajstić information content (AvgIpc) is 2.03. The highest BCUT2D eigenvalue weighted by atomic mass is 15.1. The summed E-state index contributed by atoms with van der Waals surface area (Å²) in [5.41, 5.74) is 7.95. The third-order valence-electron chi connectivity index (χ3n) is 1.44. The molecule has 0 heterocycles. The number of hydrogen-bond donors (Lipinski definition) is 2. The summed E-state index contributed by atoms with van der Waals surface area (Å²) in [6.45, 7) is 1.90. The fourth-order valence-electron chi connectivity index (χ4n) is 0.882. The van der Waals surface area contributed by atoms with Crippen LogP contribution in [0.25, 0.3) is 0 Å². The SMILES string of the molecule is Cc1cc(N)ccc1N=NC=N. The van der Waals surface area contributed by atoms with E-state index in [9.17, 15) is 0 Å². The van der Waals surface area contributed by atoms with E-state index in [1.807, 2.05) is 13.0 Å². The molecule has 0 saturated carbocycles. The summed E-state index contributed by atoms with van der Waals surface area (Å²) in [5, 5.41) is 13.9. The van der Waals surface area contributed by atoms with Gasteiger partial charge in [-0.3, -0.25) is 5.41 Å². The Morgan fingerprint density at radius 3 is 2.83 bits per heavy atom. The molecule has 0 amide bonds. The standard InChI is InChI=1S/C8H10N4/c1-6-4-7(10)2-3-8(6)12-11-5-9/h2-5,9H,10H2,1H3. The van der Waals surface area contributed by atoms with Gasteiger partial charge >= 0.3 is 0 Å². The maximum absolute atomic E-state index is 6.65. The van der Waals surface area contributed by atoms with Crippen LogP contribution in [-0.4, -0.2) is 6.34 Å². The van der Waals surface area contributed by atoms with E-state index in [1.54, 1.807) is 12.1 Å². The zero-order valence-electron chi connectivity index (χ0n) is 6.78. The molecule has 0 spiro atoms. The summed E-state index contributed by atoms with van der Waals surface area (Å²) >= 11 is 0. The maximum atomic E-state index is 6.65. The molecule has 12 heavy (non-hydrogen) atoms. The van der Waals surface area contributed by atoms with Crippen LogP contribution in [0.2, 0.25) is 0 Å². The summed E-state index contributed by atoms with van der Waals surface area (Å²) in [7, 11) is 0. The molecule has 0 fully saturated rings. The number of anilines is 1. The van der Waals surface area contributed by atoms with Crippen LogP contribution >= 0.6 is 0 Å². The van der Waals surface area contributed by atoms with Gasteiger partial charge in [0, 0.05) is 5.69 Å². The van der Waals surface area contributed by atoms with Crippen LogP contribution in [0, 0.1) is 12.3 Å². The van der Waals surface area contributed by atoms with Crippen LogP contribution in [0.4, 0.5) is 11.4 Å². The quantitative estimate of drug-likeness (QED) is 0.297. The van der Waals surface area contributed by atoms with Gasteiger partial charge in [0.25, 0.3) is 0 Å². The predicted molar refractivity (Wildman–Crippen MR) is 48.9 cm³/mol. The molecule has 0 radical (unpaired) electrons. The molecule has 3 N–H and O–H groups in total. The molecule has 62 valence electrons. The number of azo groups is 1. The Kier molecular flexibility index (Phi) is 2.53. The van der Waals surface area contributed by atoms with Crippen molar-refractivity contribution in [1.82, 2.24) is 0 Å². The molecular weight excluding hydrogens is 152 g/mol. The second kappa shape index (κ2) is 3.61. The Morgan fingerprint density at radius 1 is 1.50 bits per heavy atom. The summed E-state index contributed by atoms with van der Waals surface area (Å²) in [4.78, 5) is 0. The minimum Gasteiger partial charge on any atom is -0.399 e. The highest BCUT2D eigenvalue weighted by molar-refractivity contribution is 5.56. The lowest BCUT2D eigenvalue weighted by Crippen LogP contribution is -1.84. The summed E-state index contributed by atoms with van der Waals surface area (Å²) in [6.07, 6.45) is 0.899. The average molecular weight is 162 g/mol. The van der Waals surface area contributed by atoms with Gasteiger partial charge in [0.15, 0.2) is 0 Å². The molecule has 1 aromatic rings. The third kappa shape index (κ3) is 1.88. The van der Waals surface area contributed by atoms with Crippen molar-refractivity contribution in [1.29, 1.82) is 5.41 Å². The lowest BCUT2D eigenvalue weighted by molar-refractivity contribution is 1.25. The summed E-state index contributed by atoms with van der Waals surface area (Å²) in [6, 6.07) is 5.35. The molecule has 4 nitrogen and oxygen atoms in total. The van der Waals surface area contributed by atoms with Gasteiger partial charge in [0.05, 0.1) is 5.69 Å². The molecule has 0 aromatic heterocycles. The fourth-order valence-corrected chi connectivity index (χ4v) is 0.882. The maximum Gasteiger partial charge on any atom is 0.129 e. The van der Waals surface area contributed by atoms with Gasteiger partial charge < -0.3 is 5.73 Å². The smallest absolute Gasteiger partial charge is 0.129 e. The molecule has 0 atom stereocenters. The first-order valence-electron chi connectivity index (χ1n) is 3.50. The first kappa shape index (κ1) is 8.39. The number of nitrogens with two attached hydrogens (primary N) is 1. The second-order valence-corrected chi connectivity index (χ2v) is 2.39. The monoisotopic (exact) mass is 162 g/mol. The van der Waals surface area contributed by atoms with E-state index >= 15 is 0 Å². The first-order chi connectivity index (χ1) is 5.74. The van der Waals surface area contributed by atoms with Crippen molar-refractivity contribution in [3.63, 3.8) is 0 Å². The molecule has 4 heteroatoms. The van der Waals surface area contributed by atoms with Crippen LogP contribution in [0.1, 0.15) is 5.56 Å². The largest absolute Gasteiger partial charge is 0.399 e. The third-order valence-corrected chi connectivity index (χ3v) is 1.44. The van der Waals surface area contributed by atoms with Gasteiger partial charge in [-0.1, -0.05) is 0 Å². The van der Waals surface area contributed by atoms with Crippen molar-refractivity contribution in [2.75, 3.05) is 5.73 Å². The van der Waals surface area contributed by atoms with Crippen molar-refractivity contribution in [2.45, 2.75) is 6.92 Å². The Labute approximate surface area is 70.6 Å². The van der Waals surface area contributed by atoms with Crippen LogP contribution in [0.5, 0.6) is 0 Å². The van der Waals surface area contributed by atoms with Crippen LogP contribution in [0.3, 0.4) is 0 Å². The van der Waals surface area contributed by atoms with Crippen LogP contribution in [-0.2, 0) is 0 Å². The van der Waals surface area contributed by atoms with Gasteiger partial charge in [-0.25, -0.2) is 0 Å². The van der Waals surface area contributed by atoms with E-state index in [-0.39, 0.29) is 0 Å². The Morgan fingerprint density at radius 2 is 2.25 bits per heavy atom. The lowest BCUT2D eigenvalue weighted by atomic mass is 10.2. The number of nitrogens with one attached hydrogen (secondary N) is 1. The van der Waals surface area contributed by atoms with Crippen molar-refractivity contribution >= 4 is 17.7 Å². The minimum absolute atomic E-state index is 0.710. The fraction of sp³-hybridized carbons (Fsp3) is 0.125. The molecule has 0 saturated heterocycles. The Bertz CT molecular complexity index is 317. The van der Waals surface area contributed by atoms with E-state index in [1.165, 1.54) is 0 Å². The zero-order valence-corrected chi connectivity index (χ0v) is 6.78. The molecular formula is C8H10N4.